The van der Waals surface area contributed by atoms with E-state index < -0.39 is 0 Å². The fourth-order valence-corrected chi connectivity index (χ4v) is 2.33. The SMILES string of the molecule is Cc1c(-c2ccccc2)oc2ccc(CN)cc2c1=O. The molecule has 0 saturated heterocycles. The third kappa shape index (κ3) is 2.02. The molecule has 0 aliphatic rings. The lowest BCUT2D eigenvalue weighted by atomic mass is 10.0. The van der Waals surface area contributed by atoms with Crippen molar-refractivity contribution in [3.63, 3.8) is 0 Å². The van der Waals surface area contributed by atoms with Crippen LogP contribution in [0.1, 0.15) is 11.1 Å². The molecule has 3 aromatic rings. The number of hydrogen-bond acceptors (Lipinski definition) is 3. The molecule has 3 heteroatoms. The second-order valence-corrected chi connectivity index (χ2v) is 4.79. The highest BCUT2D eigenvalue weighted by atomic mass is 16.3. The smallest absolute Gasteiger partial charge is 0.196 e. The Kier molecular flexibility index (Phi) is 3.12. The van der Waals surface area contributed by atoms with Crippen LogP contribution in [0.25, 0.3) is 22.3 Å². The van der Waals surface area contributed by atoms with E-state index in [0.717, 1.165) is 11.1 Å². The standard InChI is InChI=1S/C17H15NO2/c1-11-16(19)14-9-12(10-18)7-8-15(14)20-17(11)13-5-3-2-4-6-13/h2-9H,10,18H2,1H3. The van der Waals surface area contributed by atoms with Gasteiger partial charge in [-0.05, 0) is 24.6 Å². The number of fused-ring (bicyclic) bond motifs is 1. The monoisotopic (exact) mass is 265 g/mol. The third-order valence-corrected chi connectivity index (χ3v) is 3.45. The zero-order valence-electron chi connectivity index (χ0n) is 11.2. The molecule has 1 aromatic heterocycles. The van der Waals surface area contributed by atoms with E-state index >= 15 is 0 Å². The molecule has 0 bridgehead atoms. The molecule has 0 aliphatic carbocycles. The van der Waals surface area contributed by atoms with E-state index in [1.54, 1.807) is 6.92 Å². The van der Waals surface area contributed by atoms with Crippen LogP contribution < -0.4 is 11.2 Å². The maximum absolute atomic E-state index is 12.5. The molecule has 20 heavy (non-hydrogen) atoms. The number of hydrogen-bond donors (Lipinski definition) is 1. The van der Waals surface area contributed by atoms with Crippen LogP contribution in [0.4, 0.5) is 0 Å². The summed E-state index contributed by atoms with van der Waals surface area (Å²) in [7, 11) is 0. The maximum atomic E-state index is 12.5. The Morgan fingerprint density at radius 1 is 1.10 bits per heavy atom. The fraction of sp³-hybridized carbons (Fsp3) is 0.118. The van der Waals surface area contributed by atoms with Crippen LogP contribution in [0.2, 0.25) is 0 Å². The summed E-state index contributed by atoms with van der Waals surface area (Å²) in [6.07, 6.45) is 0. The van der Waals surface area contributed by atoms with Crippen LogP contribution in [0.5, 0.6) is 0 Å². The van der Waals surface area contributed by atoms with Gasteiger partial charge in [0, 0.05) is 17.7 Å². The number of benzene rings is 2. The van der Waals surface area contributed by atoms with Gasteiger partial charge in [0.2, 0.25) is 0 Å². The minimum absolute atomic E-state index is 0.000373. The van der Waals surface area contributed by atoms with Gasteiger partial charge in [0.25, 0.3) is 0 Å². The first-order valence-electron chi connectivity index (χ1n) is 6.52. The van der Waals surface area contributed by atoms with Crippen molar-refractivity contribution in [1.82, 2.24) is 0 Å². The van der Waals surface area contributed by atoms with Gasteiger partial charge in [-0.25, -0.2) is 0 Å². The summed E-state index contributed by atoms with van der Waals surface area (Å²) in [6, 6.07) is 15.2. The van der Waals surface area contributed by atoms with Gasteiger partial charge < -0.3 is 10.2 Å². The summed E-state index contributed by atoms with van der Waals surface area (Å²) in [5, 5.41) is 0.588. The lowest BCUT2D eigenvalue weighted by Gasteiger charge is -2.07. The van der Waals surface area contributed by atoms with Crippen molar-refractivity contribution in [2.45, 2.75) is 13.5 Å². The van der Waals surface area contributed by atoms with E-state index in [0.29, 0.717) is 28.8 Å². The van der Waals surface area contributed by atoms with E-state index in [2.05, 4.69) is 0 Å². The molecule has 0 saturated carbocycles. The fourth-order valence-electron chi connectivity index (χ4n) is 2.33. The molecule has 0 spiro atoms. The van der Waals surface area contributed by atoms with Gasteiger partial charge in [-0.15, -0.1) is 0 Å². The molecule has 2 aromatic carbocycles. The second kappa shape index (κ2) is 4.94. The first-order valence-corrected chi connectivity index (χ1v) is 6.52. The van der Waals surface area contributed by atoms with E-state index in [1.165, 1.54) is 0 Å². The Hall–Kier alpha value is -2.39. The molecular weight excluding hydrogens is 250 g/mol. The third-order valence-electron chi connectivity index (χ3n) is 3.45. The molecule has 0 unspecified atom stereocenters. The molecule has 3 rings (SSSR count). The van der Waals surface area contributed by atoms with Crippen molar-refractivity contribution >= 4 is 11.0 Å². The topological polar surface area (TPSA) is 56.2 Å². The van der Waals surface area contributed by atoms with Gasteiger partial charge in [-0.2, -0.15) is 0 Å². The van der Waals surface area contributed by atoms with E-state index in [4.69, 9.17) is 10.2 Å². The molecular formula is C17H15NO2. The predicted molar refractivity (Wildman–Crippen MR) is 80.5 cm³/mol. The normalized spacial score (nSPS) is 10.9. The molecule has 0 fully saturated rings. The van der Waals surface area contributed by atoms with Gasteiger partial charge in [0.05, 0.1) is 5.39 Å². The molecule has 2 N–H and O–H groups in total. The van der Waals surface area contributed by atoms with Crippen LogP contribution in [0.3, 0.4) is 0 Å². The quantitative estimate of drug-likeness (QED) is 0.774. The number of nitrogens with two attached hydrogens (primary N) is 1. The highest BCUT2D eigenvalue weighted by Gasteiger charge is 2.12. The van der Waals surface area contributed by atoms with Gasteiger partial charge in [0.15, 0.2) is 5.43 Å². The van der Waals surface area contributed by atoms with Crippen LogP contribution >= 0.6 is 0 Å². The van der Waals surface area contributed by atoms with Crippen molar-refractivity contribution in [3.8, 4) is 11.3 Å². The van der Waals surface area contributed by atoms with E-state index in [9.17, 15) is 4.79 Å². The molecule has 0 amide bonds. The minimum atomic E-state index is 0.000373. The summed E-state index contributed by atoms with van der Waals surface area (Å²) in [5.41, 5.74) is 8.67. The van der Waals surface area contributed by atoms with Crippen LogP contribution in [-0.4, -0.2) is 0 Å². The highest BCUT2D eigenvalue weighted by molar-refractivity contribution is 5.81. The van der Waals surface area contributed by atoms with Crippen molar-refractivity contribution in [1.29, 1.82) is 0 Å². The largest absolute Gasteiger partial charge is 0.456 e. The average molecular weight is 265 g/mol. The Labute approximate surface area is 116 Å². The Bertz CT molecular complexity index is 820. The predicted octanol–water partition coefficient (Wildman–Crippen LogP) is 3.23. The van der Waals surface area contributed by atoms with Crippen molar-refractivity contribution in [2.75, 3.05) is 0 Å². The summed E-state index contributed by atoms with van der Waals surface area (Å²) >= 11 is 0. The lowest BCUT2D eigenvalue weighted by molar-refractivity contribution is 0.614. The van der Waals surface area contributed by atoms with Gasteiger partial charge in [-0.1, -0.05) is 36.4 Å². The molecule has 0 aliphatic heterocycles. The summed E-state index contributed by atoms with van der Waals surface area (Å²) in [4.78, 5) is 12.5. The van der Waals surface area contributed by atoms with E-state index in [1.807, 2.05) is 48.5 Å². The minimum Gasteiger partial charge on any atom is -0.456 e. The Balaban J connectivity index is 2.32. The van der Waals surface area contributed by atoms with Crippen LogP contribution in [0.15, 0.2) is 57.7 Å². The Morgan fingerprint density at radius 3 is 2.55 bits per heavy atom. The molecule has 0 radical (unpaired) electrons. The van der Waals surface area contributed by atoms with Crippen molar-refractivity contribution in [3.05, 3.63) is 69.9 Å². The van der Waals surface area contributed by atoms with E-state index in [-0.39, 0.29) is 5.43 Å². The number of rotatable bonds is 2. The van der Waals surface area contributed by atoms with Crippen molar-refractivity contribution < 1.29 is 4.42 Å². The van der Waals surface area contributed by atoms with Crippen LogP contribution in [-0.2, 0) is 6.54 Å². The van der Waals surface area contributed by atoms with Gasteiger partial charge in [0.1, 0.15) is 11.3 Å². The first kappa shape index (κ1) is 12.6. The Morgan fingerprint density at radius 2 is 1.85 bits per heavy atom. The van der Waals surface area contributed by atoms with Gasteiger partial charge in [-0.3, -0.25) is 4.79 Å². The highest BCUT2D eigenvalue weighted by Crippen LogP contribution is 2.25. The summed E-state index contributed by atoms with van der Waals surface area (Å²) < 4.78 is 5.92. The first-order chi connectivity index (χ1) is 9.70. The molecule has 0 atom stereocenters. The second-order valence-electron chi connectivity index (χ2n) is 4.79. The zero-order chi connectivity index (χ0) is 14.1. The summed E-state index contributed by atoms with van der Waals surface area (Å²) in [5.74, 6) is 0.628. The molecule has 1 heterocycles. The molecule has 100 valence electrons. The maximum Gasteiger partial charge on any atom is 0.196 e. The summed E-state index contributed by atoms with van der Waals surface area (Å²) in [6.45, 7) is 2.21. The average Bonchev–Trinajstić information content (AvgIpc) is 2.51. The lowest BCUT2D eigenvalue weighted by Crippen LogP contribution is -2.08. The van der Waals surface area contributed by atoms with Gasteiger partial charge >= 0.3 is 0 Å². The van der Waals surface area contributed by atoms with Crippen molar-refractivity contribution in [2.24, 2.45) is 5.73 Å². The molecule has 3 nitrogen and oxygen atoms in total. The zero-order valence-corrected chi connectivity index (χ0v) is 11.2. The van der Waals surface area contributed by atoms with Crippen LogP contribution in [0, 0.1) is 6.92 Å².